The van der Waals surface area contributed by atoms with Crippen LogP contribution in [0.15, 0.2) is 36.7 Å². The molecule has 2 aromatic rings. The summed E-state index contributed by atoms with van der Waals surface area (Å²) in [6.45, 7) is 1.56. The normalized spacial score (nSPS) is 10.6. The lowest BCUT2D eigenvalue weighted by atomic mass is 10.2. The van der Waals surface area contributed by atoms with Crippen molar-refractivity contribution in [3.63, 3.8) is 0 Å². The first-order valence-corrected chi connectivity index (χ1v) is 7.28. The predicted octanol–water partition coefficient (Wildman–Crippen LogP) is 1.52. The summed E-state index contributed by atoms with van der Waals surface area (Å²) in [6, 6.07) is 8.05. The minimum Gasteiger partial charge on any atom is -0.366 e. The predicted molar refractivity (Wildman–Crippen MR) is 86.6 cm³/mol. The van der Waals surface area contributed by atoms with Crippen LogP contribution in [-0.2, 0) is 6.54 Å². The van der Waals surface area contributed by atoms with Crippen molar-refractivity contribution in [3.8, 4) is 0 Å². The monoisotopic (exact) mass is 317 g/mol. The third-order valence-corrected chi connectivity index (χ3v) is 3.16. The Morgan fingerprint density at radius 1 is 1.26 bits per heavy atom. The van der Waals surface area contributed by atoms with Gasteiger partial charge in [0.25, 0.3) is 5.91 Å². The Bertz CT molecular complexity index is 662. The largest absolute Gasteiger partial charge is 0.366 e. The fraction of sp³-hybridized carbons (Fsp3) is 0.312. The Hall–Kier alpha value is -2.54. The van der Waals surface area contributed by atoms with Crippen LogP contribution in [0.3, 0.4) is 0 Å². The molecular weight excluding hydrogens is 297 g/mol. The third-order valence-electron chi connectivity index (χ3n) is 3.16. The van der Waals surface area contributed by atoms with Crippen molar-refractivity contribution in [2.45, 2.75) is 6.54 Å². The number of carbonyl (C=O) groups is 1. The first-order valence-electron chi connectivity index (χ1n) is 7.28. The van der Waals surface area contributed by atoms with Crippen molar-refractivity contribution in [2.75, 3.05) is 32.5 Å². The lowest BCUT2D eigenvalue weighted by Crippen LogP contribution is -2.31. The molecule has 0 aliphatic rings. The van der Waals surface area contributed by atoms with Gasteiger partial charge in [-0.3, -0.25) is 4.79 Å². The fourth-order valence-electron chi connectivity index (χ4n) is 1.89. The lowest BCUT2D eigenvalue weighted by molar-refractivity contribution is 0.0946. The number of hydrogen-bond donors (Lipinski definition) is 2. The molecule has 0 spiro atoms. The first-order chi connectivity index (χ1) is 11.1. The number of aromatic nitrogens is 2. The second-order valence-corrected chi connectivity index (χ2v) is 5.29. The number of carbonyl (C=O) groups excluding carboxylic acids is 1. The SMILES string of the molecule is CN(C)CCNC(=O)c1cc(NCc2ccccc2F)ncn1. The maximum Gasteiger partial charge on any atom is 0.270 e. The molecule has 0 bridgehead atoms. The summed E-state index contributed by atoms with van der Waals surface area (Å²) in [6.07, 6.45) is 1.31. The minimum absolute atomic E-state index is 0.261. The highest BCUT2D eigenvalue weighted by Crippen LogP contribution is 2.10. The van der Waals surface area contributed by atoms with Crippen molar-refractivity contribution in [1.29, 1.82) is 0 Å². The van der Waals surface area contributed by atoms with Crippen LogP contribution in [0.2, 0.25) is 0 Å². The highest BCUT2D eigenvalue weighted by Gasteiger charge is 2.08. The van der Waals surface area contributed by atoms with Crippen molar-refractivity contribution < 1.29 is 9.18 Å². The smallest absolute Gasteiger partial charge is 0.270 e. The Balaban J connectivity index is 1.94. The van der Waals surface area contributed by atoms with Crippen LogP contribution in [0.25, 0.3) is 0 Å². The molecular formula is C16H20FN5O. The van der Waals surface area contributed by atoms with Crippen LogP contribution in [0.1, 0.15) is 16.1 Å². The van der Waals surface area contributed by atoms with Crippen LogP contribution in [0, 0.1) is 5.82 Å². The van der Waals surface area contributed by atoms with Crippen molar-refractivity contribution in [3.05, 3.63) is 53.7 Å². The average molecular weight is 317 g/mol. The van der Waals surface area contributed by atoms with E-state index in [1.807, 2.05) is 19.0 Å². The van der Waals surface area contributed by atoms with E-state index in [0.29, 0.717) is 17.9 Å². The summed E-state index contributed by atoms with van der Waals surface area (Å²) in [7, 11) is 3.86. The molecule has 0 radical (unpaired) electrons. The van der Waals surface area contributed by atoms with E-state index < -0.39 is 0 Å². The van der Waals surface area contributed by atoms with Gasteiger partial charge in [0, 0.05) is 31.3 Å². The Labute approximate surface area is 134 Å². The van der Waals surface area contributed by atoms with Gasteiger partial charge in [-0.25, -0.2) is 14.4 Å². The standard InChI is InChI=1S/C16H20FN5O/c1-22(2)8-7-18-16(23)14-9-15(21-11-20-14)19-10-12-5-3-4-6-13(12)17/h3-6,9,11H,7-8,10H2,1-2H3,(H,18,23)(H,19,20,21). The zero-order chi connectivity index (χ0) is 16.7. The molecule has 1 aromatic carbocycles. The van der Waals surface area contributed by atoms with E-state index in [1.54, 1.807) is 24.3 Å². The molecule has 1 aromatic heterocycles. The van der Waals surface area contributed by atoms with Crippen LogP contribution in [-0.4, -0.2) is 48.0 Å². The van der Waals surface area contributed by atoms with E-state index in [9.17, 15) is 9.18 Å². The third kappa shape index (κ3) is 5.30. The van der Waals surface area contributed by atoms with Crippen molar-refractivity contribution >= 4 is 11.7 Å². The molecule has 2 N–H and O–H groups in total. The highest BCUT2D eigenvalue weighted by atomic mass is 19.1. The molecule has 0 fully saturated rings. The molecule has 1 amide bonds. The molecule has 0 aliphatic heterocycles. The Kier molecular flexibility index (Phi) is 5.99. The van der Waals surface area contributed by atoms with Gasteiger partial charge in [0.2, 0.25) is 0 Å². The summed E-state index contributed by atoms with van der Waals surface area (Å²) in [4.78, 5) is 22.0. The lowest BCUT2D eigenvalue weighted by Gasteiger charge is -2.11. The number of benzene rings is 1. The average Bonchev–Trinajstić information content (AvgIpc) is 2.54. The maximum absolute atomic E-state index is 13.6. The molecule has 0 saturated carbocycles. The zero-order valence-corrected chi connectivity index (χ0v) is 13.2. The maximum atomic E-state index is 13.6. The van der Waals surface area contributed by atoms with Gasteiger partial charge in [0.05, 0.1) is 0 Å². The molecule has 1 heterocycles. The topological polar surface area (TPSA) is 70.2 Å². The molecule has 0 atom stereocenters. The quantitative estimate of drug-likeness (QED) is 0.810. The van der Waals surface area contributed by atoms with Gasteiger partial charge in [-0.05, 0) is 20.2 Å². The second-order valence-electron chi connectivity index (χ2n) is 5.29. The van der Waals surface area contributed by atoms with E-state index in [-0.39, 0.29) is 24.0 Å². The molecule has 0 saturated heterocycles. The van der Waals surface area contributed by atoms with Crippen LogP contribution < -0.4 is 10.6 Å². The molecule has 23 heavy (non-hydrogen) atoms. The van der Waals surface area contributed by atoms with E-state index in [4.69, 9.17) is 0 Å². The number of amides is 1. The van der Waals surface area contributed by atoms with E-state index in [2.05, 4.69) is 20.6 Å². The van der Waals surface area contributed by atoms with E-state index >= 15 is 0 Å². The van der Waals surface area contributed by atoms with Gasteiger partial charge < -0.3 is 15.5 Å². The summed E-state index contributed by atoms with van der Waals surface area (Å²) >= 11 is 0. The number of likely N-dealkylation sites (N-methyl/N-ethyl adjacent to an activating group) is 1. The first kappa shape index (κ1) is 16.8. The van der Waals surface area contributed by atoms with E-state index in [0.717, 1.165) is 6.54 Å². The number of nitrogens with zero attached hydrogens (tertiary/aromatic N) is 3. The van der Waals surface area contributed by atoms with Crippen LogP contribution >= 0.6 is 0 Å². The number of anilines is 1. The number of nitrogens with one attached hydrogen (secondary N) is 2. The molecule has 0 unspecified atom stereocenters. The Morgan fingerprint density at radius 3 is 2.78 bits per heavy atom. The molecule has 2 rings (SSSR count). The zero-order valence-electron chi connectivity index (χ0n) is 13.2. The van der Waals surface area contributed by atoms with Gasteiger partial charge in [0.1, 0.15) is 23.7 Å². The van der Waals surface area contributed by atoms with Gasteiger partial charge in [-0.1, -0.05) is 18.2 Å². The highest BCUT2D eigenvalue weighted by molar-refractivity contribution is 5.92. The van der Waals surface area contributed by atoms with Gasteiger partial charge in [0.15, 0.2) is 0 Å². The number of hydrogen-bond acceptors (Lipinski definition) is 5. The van der Waals surface area contributed by atoms with Crippen molar-refractivity contribution in [1.82, 2.24) is 20.2 Å². The van der Waals surface area contributed by atoms with Gasteiger partial charge >= 0.3 is 0 Å². The van der Waals surface area contributed by atoms with E-state index in [1.165, 1.54) is 12.4 Å². The molecule has 0 aliphatic carbocycles. The molecule has 122 valence electrons. The number of halogens is 1. The Morgan fingerprint density at radius 2 is 2.04 bits per heavy atom. The van der Waals surface area contributed by atoms with Crippen LogP contribution in [0.4, 0.5) is 10.2 Å². The van der Waals surface area contributed by atoms with Gasteiger partial charge in [-0.15, -0.1) is 0 Å². The summed E-state index contributed by atoms with van der Waals surface area (Å²) in [5.41, 5.74) is 0.804. The fourth-order valence-corrected chi connectivity index (χ4v) is 1.89. The second kappa shape index (κ2) is 8.19. The van der Waals surface area contributed by atoms with Crippen molar-refractivity contribution in [2.24, 2.45) is 0 Å². The van der Waals surface area contributed by atoms with Crippen LogP contribution in [0.5, 0.6) is 0 Å². The summed E-state index contributed by atoms with van der Waals surface area (Å²) in [5.74, 6) is -0.0695. The molecule has 7 heteroatoms. The van der Waals surface area contributed by atoms with Gasteiger partial charge in [-0.2, -0.15) is 0 Å². The number of rotatable bonds is 7. The molecule has 6 nitrogen and oxygen atoms in total. The minimum atomic E-state index is -0.282. The summed E-state index contributed by atoms with van der Waals surface area (Å²) < 4.78 is 13.6. The summed E-state index contributed by atoms with van der Waals surface area (Å²) in [5, 5.41) is 5.77.